The van der Waals surface area contributed by atoms with E-state index in [2.05, 4.69) is 29.4 Å². The summed E-state index contributed by atoms with van der Waals surface area (Å²) in [5, 5.41) is 13.9. The van der Waals surface area contributed by atoms with Gasteiger partial charge in [0.1, 0.15) is 0 Å². The molecule has 2 amide bonds. The van der Waals surface area contributed by atoms with Crippen molar-refractivity contribution in [2.45, 2.75) is 27.2 Å². The molecule has 3 N–H and O–H groups in total. The first kappa shape index (κ1) is 16.7. The van der Waals surface area contributed by atoms with Crippen LogP contribution in [0.1, 0.15) is 27.2 Å². The van der Waals surface area contributed by atoms with Crippen molar-refractivity contribution in [3.63, 3.8) is 0 Å². The predicted molar refractivity (Wildman–Crippen MR) is 70.6 cm³/mol. The van der Waals surface area contributed by atoms with E-state index in [-0.39, 0.29) is 12.6 Å². The topological polar surface area (TPSA) is 81.7 Å². The van der Waals surface area contributed by atoms with Crippen molar-refractivity contribution in [1.29, 1.82) is 0 Å². The van der Waals surface area contributed by atoms with Gasteiger partial charge < -0.3 is 20.6 Å². The summed E-state index contributed by atoms with van der Waals surface area (Å²) in [7, 11) is 0. The van der Waals surface area contributed by atoms with Gasteiger partial charge in [0.2, 0.25) is 0 Å². The Morgan fingerprint density at radius 3 is 2.39 bits per heavy atom. The average Bonchev–Trinajstić information content (AvgIpc) is 2.34. The molecular weight excluding hydrogens is 234 g/mol. The van der Waals surface area contributed by atoms with Gasteiger partial charge in [-0.2, -0.15) is 0 Å². The zero-order chi connectivity index (χ0) is 14.0. The number of urea groups is 1. The standard InChI is InChI=1S/C12H25N3O3/c1-4-7-15(5-2)8-6-13-12(18)14-9-10(3)11(16)17/h10H,4-9H2,1-3H3,(H,16,17)(H2,13,14,18). The van der Waals surface area contributed by atoms with E-state index in [0.29, 0.717) is 6.54 Å². The van der Waals surface area contributed by atoms with Gasteiger partial charge in [-0.05, 0) is 19.5 Å². The highest BCUT2D eigenvalue weighted by molar-refractivity contribution is 5.75. The molecule has 1 atom stereocenters. The number of hydrogen-bond acceptors (Lipinski definition) is 3. The van der Waals surface area contributed by atoms with E-state index >= 15 is 0 Å². The van der Waals surface area contributed by atoms with Gasteiger partial charge in [-0.1, -0.05) is 20.8 Å². The number of carbonyl (C=O) groups excluding carboxylic acids is 1. The molecule has 0 spiro atoms. The van der Waals surface area contributed by atoms with Gasteiger partial charge in [0.05, 0.1) is 5.92 Å². The van der Waals surface area contributed by atoms with Gasteiger partial charge >= 0.3 is 12.0 Å². The lowest BCUT2D eigenvalue weighted by atomic mass is 10.2. The van der Waals surface area contributed by atoms with Gasteiger partial charge in [0, 0.05) is 19.6 Å². The predicted octanol–water partition coefficient (Wildman–Crippen LogP) is 0.738. The molecule has 0 aliphatic heterocycles. The van der Waals surface area contributed by atoms with Gasteiger partial charge in [-0.25, -0.2) is 4.79 Å². The number of nitrogens with zero attached hydrogens (tertiary/aromatic N) is 1. The van der Waals surface area contributed by atoms with Gasteiger partial charge in [-0.15, -0.1) is 0 Å². The Labute approximate surface area is 109 Å². The largest absolute Gasteiger partial charge is 0.481 e. The normalized spacial score (nSPS) is 12.2. The van der Waals surface area contributed by atoms with Gasteiger partial charge in [0.25, 0.3) is 0 Å². The monoisotopic (exact) mass is 259 g/mol. The summed E-state index contributed by atoms with van der Waals surface area (Å²) >= 11 is 0. The Balaban J connectivity index is 3.67. The zero-order valence-corrected chi connectivity index (χ0v) is 11.5. The minimum atomic E-state index is -0.907. The van der Waals surface area contributed by atoms with Crippen LogP contribution in [0.2, 0.25) is 0 Å². The summed E-state index contributed by atoms with van der Waals surface area (Å²) in [5.41, 5.74) is 0. The number of aliphatic carboxylic acids is 1. The van der Waals surface area contributed by atoms with E-state index < -0.39 is 11.9 Å². The minimum Gasteiger partial charge on any atom is -0.481 e. The molecule has 0 fully saturated rings. The summed E-state index contributed by atoms with van der Waals surface area (Å²) < 4.78 is 0. The fraction of sp³-hybridized carbons (Fsp3) is 0.833. The third kappa shape index (κ3) is 7.89. The first-order chi connectivity index (χ1) is 8.51. The molecule has 1 unspecified atom stereocenters. The van der Waals surface area contributed by atoms with Crippen molar-refractivity contribution in [1.82, 2.24) is 15.5 Å². The minimum absolute atomic E-state index is 0.146. The Kier molecular flexibility index (Phi) is 9.00. The van der Waals surface area contributed by atoms with Crippen LogP contribution in [0.25, 0.3) is 0 Å². The Morgan fingerprint density at radius 1 is 1.22 bits per heavy atom. The van der Waals surface area contributed by atoms with E-state index in [1.807, 2.05) is 0 Å². The molecule has 0 bridgehead atoms. The quantitative estimate of drug-likeness (QED) is 0.570. The van der Waals surface area contributed by atoms with E-state index in [4.69, 9.17) is 5.11 Å². The molecule has 0 aromatic rings. The number of rotatable bonds is 9. The number of carbonyl (C=O) groups is 2. The highest BCUT2D eigenvalue weighted by Crippen LogP contribution is 1.91. The van der Waals surface area contributed by atoms with Crippen LogP contribution in [0.15, 0.2) is 0 Å². The first-order valence-corrected chi connectivity index (χ1v) is 6.48. The van der Waals surface area contributed by atoms with Crippen LogP contribution in [0.5, 0.6) is 0 Å². The lowest BCUT2D eigenvalue weighted by molar-refractivity contribution is -0.140. The number of nitrogens with one attached hydrogen (secondary N) is 2. The van der Waals surface area contributed by atoms with Crippen molar-refractivity contribution < 1.29 is 14.7 Å². The third-order valence-electron chi connectivity index (χ3n) is 2.69. The second kappa shape index (κ2) is 9.70. The molecule has 0 rings (SSSR count). The Hall–Kier alpha value is -1.30. The van der Waals surface area contributed by atoms with Crippen LogP contribution in [-0.2, 0) is 4.79 Å². The molecule has 0 saturated carbocycles. The maximum Gasteiger partial charge on any atom is 0.314 e. The van der Waals surface area contributed by atoms with Crippen LogP contribution in [-0.4, -0.2) is 54.7 Å². The molecule has 0 heterocycles. The van der Waals surface area contributed by atoms with Crippen molar-refractivity contribution in [2.24, 2.45) is 5.92 Å². The van der Waals surface area contributed by atoms with Crippen LogP contribution in [0.3, 0.4) is 0 Å². The van der Waals surface area contributed by atoms with E-state index in [1.54, 1.807) is 6.92 Å². The lowest BCUT2D eigenvalue weighted by Crippen LogP contribution is -2.42. The van der Waals surface area contributed by atoms with Crippen molar-refractivity contribution in [3.05, 3.63) is 0 Å². The molecule has 0 saturated heterocycles. The molecule has 106 valence electrons. The summed E-state index contributed by atoms with van der Waals surface area (Å²) in [6.45, 7) is 9.28. The fourth-order valence-corrected chi connectivity index (χ4v) is 1.47. The van der Waals surface area contributed by atoms with Crippen LogP contribution in [0, 0.1) is 5.92 Å². The Bertz CT molecular complexity index is 259. The van der Waals surface area contributed by atoms with Crippen LogP contribution in [0.4, 0.5) is 4.79 Å². The highest BCUT2D eigenvalue weighted by atomic mass is 16.4. The zero-order valence-electron chi connectivity index (χ0n) is 11.5. The molecule has 18 heavy (non-hydrogen) atoms. The summed E-state index contributed by atoms with van der Waals surface area (Å²) in [5.74, 6) is -1.47. The van der Waals surface area contributed by atoms with Crippen molar-refractivity contribution >= 4 is 12.0 Å². The number of hydrogen-bond donors (Lipinski definition) is 3. The molecule has 6 heteroatoms. The molecule has 0 aromatic heterocycles. The highest BCUT2D eigenvalue weighted by Gasteiger charge is 2.11. The maximum atomic E-state index is 11.4. The van der Waals surface area contributed by atoms with Gasteiger partial charge in [0.15, 0.2) is 0 Å². The maximum absolute atomic E-state index is 11.4. The smallest absolute Gasteiger partial charge is 0.314 e. The number of amides is 2. The molecular formula is C12H25N3O3. The molecule has 0 radical (unpaired) electrons. The number of carboxylic acid groups (broad SMARTS) is 1. The summed E-state index contributed by atoms with van der Waals surface area (Å²) in [4.78, 5) is 24.2. The summed E-state index contributed by atoms with van der Waals surface area (Å²) in [6, 6.07) is -0.310. The van der Waals surface area contributed by atoms with E-state index in [9.17, 15) is 9.59 Å². The number of carboxylic acids is 1. The third-order valence-corrected chi connectivity index (χ3v) is 2.69. The second-order valence-electron chi connectivity index (χ2n) is 4.31. The van der Waals surface area contributed by atoms with Crippen LogP contribution < -0.4 is 10.6 Å². The van der Waals surface area contributed by atoms with E-state index in [1.165, 1.54) is 0 Å². The molecule has 0 aliphatic rings. The molecule has 0 aromatic carbocycles. The van der Waals surface area contributed by atoms with E-state index in [0.717, 1.165) is 26.1 Å². The summed E-state index contributed by atoms with van der Waals surface area (Å²) in [6.07, 6.45) is 1.09. The van der Waals surface area contributed by atoms with Gasteiger partial charge in [-0.3, -0.25) is 4.79 Å². The molecule has 0 aliphatic carbocycles. The van der Waals surface area contributed by atoms with Crippen LogP contribution >= 0.6 is 0 Å². The first-order valence-electron chi connectivity index (χ1n) is 6.48. The second-order valence-corrected chi connectivity index (χ2v) is 4.31. The number of likely N-dealkylation sites (N-methyl/N-ethyl adjacent to an activating group) is 1. The fourth-order valence-electron chi connectivity index (χ4n) is 1.47. The molecule has 6 nitrogen and oxygen atoms in total. The lowest BCUT2D eigenvalue weighted by Gasteiger charge is -2.19. The van der Waals surface area contributed by atoms with Crippen molar-refractivity contribution in [3.8, 4) is 0 Å². The average molecular weight is 259 g/mol. The SMILES string of the molecule is CCCN(CC)CCNC(=O)NCC(C)C(=O)O. The van der Waals surface area contributed by atoms with Crippen molar-refractivity contribution in [2.75, 3.05) is 32.7 Å². The Morgan fingerprint density at radius 2 is 1.89 bits per heavy atom.